The SMILES string of the molecule is CC=Cc1cc(NC(=O)[C@@H](N)CCSC)c(O)c(-c2ccc(O)c(C=CC)c2)c1. The smallest absolute Gasteiger partial charge is 0.241 e. The number of carbonyl (C=O) groups excluding carboxylic acids is 1. The van der Waals surface area contributed by atoms with Crippen LogP contribution in [0, 0.1) is 0 Å². The average molecular weight is 413 g/mol. The van der Waals surface area contributed by atoms with E-state index in [1.807, 2.05) is 44.4 Å². The Kier molecular flexibility index (Phi) is 8.36. The number of nitrogens with one attached hydrogen (secondary N) is 1. The summed E-state index contributed by atoms with van der Waals surface area (Å²) in [6.45, 7) is 3.76. The molecule has 5 nitrogen and oxygen atoms in total. The molecule has 0 heterocycles. The fourth-order valence-electron chi connectivity index (χ4n) is 2.90. The molecule has 29 heavy (non-hydrogen) atoms. The van der Waals surface area contributed by atoms with E-state index in [4.69, 9.17) is 5.73 Å². The van der Waals surface area contributed by atoms with Crippen LogP contribution in [0.15, 0.2) is 42.5 Å². The first-order valence-electron chi connectivity index (χ1n) is 9.42. The molecule has 0 radical (unpaired) electrons. The number of thioether (sulfide) groups is 1. The maximum absolute atomic E-state index is 12.5. The molecular weight excluding hydrogens is 384 g/mol. The molecule has 0 aliphatic heterocycles. The van der Waals surface area contributed by atoms with E-state index in [1.54, 1.807) is 42.1 Å². The van der Waals surface area contributed by atoms with Crippen LogP contribution in [0.5, 0.6) is 11.5 Å². The predicted molar refractivity (Wildman–Crippen MR) is 124 cm³/mol. The topological polar surface area (TPSA) is 95.6 Å². The maximum atomic E-state index is 12.5. The highest BCUT2D eigenvalue weighted by Gasteiger charge is 2.18. The Morgan fingerprint density at radius 2 is 1.90 bits per heavy atom. The average Bonchev–Trinajstić information content (AvgIpc) is 2.70. The summed E-state index contributed by atoms with van der Waals surface area (Å²) in [7, 11) is 0. The van der Waals surface area contributed by atoms with Gasteiger partial charge in [-0.3, -0.25) is 4.79 Å². The van der Waals surface area contributed by atoms with E-state index in [0.29, 0.717) is 23.2 Å². The highest BCUT2D eigenvalue weighted by molar-refractivity contribution is 7.98. The van der Waals surface area contributed by atoms with Crippen molar-refractivity contribution in [3.63, 3.8) is 0 Å². The lowest BCUT2D eigenvalue weighted by Crippen LogP contribution is -2.36. The van der Waals surface area contributed by atoms with Gasteiger partial charge in [-0.15, -0.1) is 0 Å². The third kappa shape index (κ3) is 5.89. The number of hydrogen-bond donors (Lipinski definition) is 4. The van der Waals surface area contributed by atoms with E-state index in [-0.39, 0.29) is 17.4 Å². The first-order chi connectivity index (χ1) is 13.9. The Balaban J connectivity index is 2.49. The number of benzene rings is 2. The van der Waals surface area contributed by atoms with Gasteiger partial charge >= 0.3 is 0 Å². The third-order valence-electron chi connectivity index (χ3n) is 4.40. The van der Waals surface area contributed by atoms with Gasteiger partial charge in [0.2, 0.25) is 5.91 Å². The van der Waals surface area contributed by atoms with Crippen LogP contribution < -0.4 is 11.1 Å². The van der Waals surface area contributed by atoms with Gasteiger partial charge in [0.05, 0.1) is 11.7 Å². The molecule has 5 N–H and O–H groups in total. The largest absolute Gasteiger partial charge is 0.507 e. The lowest BCUT2D eigenvalue weighted by Gasteiger charge is -2.16. The molecule has 0 unspecified atom stereocenters. The second-order valence-corrected chi connectivity index (χ2v) is 7.60. The Bertz CT molecular complexity index is 923. The summed E-state index contributed by atoms with van der Waals surface area (Å²) in [5.41, 5.74) is 9.02. The van der Waals surface area contributed by atoms with Crippen molar-refractivity contribution in [3.05, 3.63) is 53.6 Å². The number of nitrogens with two attached hydrogens (primary N) is 1. The molecule has 0 aromatic heterocycles. The van der Waals surface area contributed by atoms with Gasteiger partial charge in [0.25, 0.3) is 0 Å². The molecule has 2 aromatic rings. The molecule has 0 bridgehead atoms. The van der Waals surface area contributed by atoms with Crippen LogP contribution in [-0.2, 0) is 4.79 Å². The lowest BCUT2D eigenvalue weighted by atomic mass is 9.98. The summed E-state index contributed by atoms with van der Waals surface area (Å²) < 4.78 is 0. The van der Waals surface area contributed by atoms with Crippen LogP contribution in [0.25, 0.3) is 23.3 Å². The molecule has 0 aliphatic carbocycles. The molecule has 0 spiro atoms. The van der Waals surface area contributed by atoms with E-state index < -0.39 is 6.04 Å². The van der Waals surface area contributed by atoms with Crippen LogP contribution in [0.4, 0.5) is 5.69 Å². The normalized spacial score (nSPS) is 12.6. The number of amides is 1. The number of rotatable bonds is 8. The second kappa shape index (κ2) is 10.7. The van der Waals surface area contributed by atoms with E-state index in [2.05, 4.69) is 5.32 Å². The number of carbonyl (C=O) groups is 1. The summed E-state index contributed by atoms with van der Waals surface area (Å²) >= 11 is 1.63. The zero-order valence-corrected chi connectivity index (χ0v) is 17.8. The number of anilines is 1. The molecule has 0 saturated carbocycles. The number of allylic oxidation sites excluding steroid dienone is 2. The molecular formula is C23H28N2O3S. The Labute approximate surface area is 176 Å². The highest BCUT2D eigenvalue weighted by atomic mass is 32.2. The van der Waals surface area contributed by atoms with Gasteiger partial charge < -0.3 is 21.3 Å². The first-order valence-corrected chi connectivity index (χ1v) is 10.8. The predicted octanol–water partition coefficient (Wildman–Crippen LogP) is 4.85. The summed E-state index contributed by atoms with van der Waals surface area (Å²) in [6, 6.07) is 8.01. The van der Waals surface area contributed by atoms with Crippen molar-refractivity contribution in [1.82, 2.24) is 0 Å². The van der Waals surface area contributed by atoms with Gasteiger partial charge in [0.15, 0.2) is 0 Å². The minimum atomic E-state index is -0.648. The Hall–Kier alpha value is -2.70. The Morgan fingerprint density at radius 3 is 2.55 bits per heavy atom. The second-order valence-electron chi connectivity index (χ2n) is 6.62. The van der Waals surface area contributed by atoms with Crippen molar-refractivity contribution in [3.8, 4) is 22.6 Å². The van der Waals surface area contributed by atoms with Crippen LogP contribution in [0.2, 0.25) is 0 Å². The molecule has 1 atom stereocenters. The van der Waals surface area contributed by atoms with Crippen LogP contribution in [0.1, 0.15) is 31.4 Å². The van der Waals surface area contributed by atoms with Gasteiger partial charge in [0, 0.05) is 11.1 Å². The van der Waals surface area contributed by atoms with Crippen LogP contribution >= 0.6 is 11.8 Å². The van der Waals surface area contributed by atoms with Crippen molar-refractivity contribution in [1.29, 1.82) is 0 Å². The Morgan fingerprint density at radius 1 is 1.17 bits per heavy atom. The molecule has 1 amide bonds. The summed E-state index contributed by atoms with van der Waals surface area (Å²) in [5.74, 6) is 0.564. The van der Waals surface area contributed by atoms with E-state index >= 15 is 0 Å². The fraction of sp³-hybridized carbons (Fsp3) is 0.261. The summed E-state index contributed by atoms with van der Waals surface area (Å²) in [5, 5.41) is 23.7. The number of hydrogen-bond acceptors (Lipinski definition) is 5. The molecule has 2 aromatic carbocycles. The molecule has 0 fully saturated rings. The zero-order valence-electron chi connectivity index (χ0n) is 17.0. The van der Waals surface area contributed by atoms with Crippen molar-refractivity contribution < 1.29 is 15.0 Å². The highest BCUT2D eigenvalue weighted by Crippen LogP contribution is 2.39. The molecule has 154 valence electrons. The van der Waals surface area contributed by atoms with E-state index in [9.17, 15) is 15.0 Å². The maximum Gasteiger partial charge on any atom is 0.241 e. The minimum Gasteiger partial charge on any atom is -0.507 e. The van der Waals surface area contributed by atoms with Gasteiger partial charge in [-0.05, 0) is 67.7 Å². The minimum absolute atomic E-state index is 0.0409. The third-order valence-corrected chi connectivity index (χ3v) is 5.05. The van der Waals surface area contributed by atoms with Gasteiger partial charge in [0.1, 0.15) is 11.5 Å². The quantitative estimate of drug-likeness (QED) is 0.465. The van der Waals surface area contributed by atoms with Gasteiger partial charge in [-0.2, -0.15) is 11.8 Å². The zero-order chi connectivity index (χ0) is 21.4. The monoisotopic (exact) mass is 412 g/mol. The van der Waals surface area contributed by atoms with Crippen molar-refractivity contribution in [2.75, 3.05) is 17.3 Å². The number of phenolic OH excluding ortho intramolecular Hbond substituents is 2. The van der Waals surface area contributed by atoms with E-state index in [1.165, 1.54) is 0 Å². The van der Waals surface area contributed by atoms with Gasteiger partial charge in [-0.25, -0.2) is 0 Å². The lowest BCUT2D eigenvalue weighted by molar-refractivity contribution is -0.117. The van der Waals surface area contributed by atoms with Gasteiger partial charge in [-0.1, -0.05) is 30.4 Å². The standard InChI is InChI=1S/C23H28N2O3S/c1-4-6-15-12-18(16-8-9-21(26)17(14-16)7-5-2)22(27)20(13-15)25-23(28)19(24)10-11-29-3/h4-9,12-14,19,26-27H,10-11,24H2,1-3H3,(H,25,28)/t19-/m0/s1. The van der Waals surface area contributed by atoms with Crippen LogP contribution in [-0.4, -0.2) is 34.2 Å². The van der Waals surface area contributed by atoms with Crippen molar-refractivity contribution in [2.24, 2.45) is 5.73 Å². The molecule has 6 heteroatoms. The summed E-state index contributed by atoms with van der Waals surface area (Å²) in [6.07, 6.45) is 9.91. The molecule has 0 aliphatic rings. The molecule has 0 saturated heterocycles. The number of aromatic hydroxyl groups is 2. The number of phenols is 2. The first kappa shape index (κ1) is 22.6. The molecule has 2 rings (SSSR count). The van der Waals surface area contributed by atoms with Crippen molar-refractivity contribution >= 4 is 35.5 Å². The summed E-state index contributed by atoms with van der Waals surface area (Å²) in [4.78, 5) is 12.5. The van der Waals surface area contributed by atoms with Crippen molar-refractivity contribution in [2.45, 2.75) is 26.3 Å². The van der Waals surface area contributed by atoms with E-state index in [0.717, 1.165) is 16.9 Å². The van der Waals surface area contributed by atoms with Crippen LogP contribution in [0.3, 0.4) is 0 Å². The fourth-order valence-corrected chi connectivity index (χ4v) is 3.39.